The van der Waals surface area contributed by atoms with E-state index in [0.29, 0.717) is 43.3 Å². The number of carbonyl (C=O) groups excluding carboxylic acids is 2. The van der Waals surface area contributed by atoms with Gasteiger partial charge < -0.3 is 23.8 Å². The van der Waals surface area contributed by atoms with E-state index in [1.807, 2.05) is 75.8 Å². The minimum Gasteiger partial charge on any atom is -0.497 e. The van der Waals surface area contributed by atoms with Gasteiger partial charge in [-0.05, 0) is 42.1 Å². The average molecular weight is 548 g/mol. The Morgan fingerprint density at radius 2 is 1.67 bits per heavy atom. The van der Waals surface area contributed by atoms with Gasteiger partial charge in [0.2, 0.25) is 0 Å². The molecule has 1 aliphatic heterocycles. The molecule has 1 fully saturated rings. The molecular formula is C30H33N3O5S. The fraction of sp³-hybridized carbons (Fsp3) is 0.300. The summed E-state index contributed by atoms with van der Waals surface area (Å²) in [5.74, 6) is 0.0917. The zero-order valence-electron chi connectivity index (χ0n) is 21.4. The Bertz CT molecular complexity index is 1500. The third kappa shape index (κ3) is 5.54. The van der Waals surface area contributed by atoms with Crippen molar-refractivity contribution in [1.82, 2.24) is 9.47 Å². The quantitative estimate of drug-likeness (QED) is 0.307. The predicted molar refractivity (Wildman–Crippen MR) is 155 cm³/mol. The summed E-state index contributed by atoms with van der Waals surface area (Å²) in [6.07, 6.45) is 0. The van der Waals surface area contributed by atoms with Crippen molar-refractivity contribution >= 4 is 39.8 Å². The standard InChI is InChI=1S/C29H29N3O5S.CH4/c1-3-37-29(35)25-26(30-14-16-31(17-15-30)27(33)24-9-6-18-38-24)22-7-4-5-8-23(22)32(28(25)34)19-20-10-12-21(36-2)13-11-20;/h4-13,18H,3,14-17,19H2,1-2H3;1H4. The molecule has 39 heavy (non-hydrogen) atoms. The van der Waals surface area contributed by atoms with Crippen LogP contribution in [0.5, 0.6) is 5.75 Å². The van der Waals surface area contributed by atoms with E-state index >= 15 is 0 Å². The first-order chi connectivity index (χ1) is 18.5. The summed E-state index contributed by atoms with van der Waals surface area (Å²) < 4.78 is 12.3. The number of esters is 1. The maximum Gasteiger partial charge on any atom is 0.345 e. The van der Waals surface area contributed by atoms with Crippen LogP contribution in [0.3, 0.4) is 0 Å². The number of fused-ring (bicyclic) bond motifs is 1. The van der Waals surface area contributed by atoms with Crippen LogP contribution in [-0.2, 0) is 11.3 Å². The number of carbonyl (C=O) groups is 2. The SMILES string of the molecule is C.CCOC(=O)c1c(N2CCN(C(=O)c3cccs3)CC2)c2ccccc2n(Cc2ccc(OC)cc2)c1=O. The van der Waals surface area contributed by atoms with Crippen LogP contribution in [-0.4, -0.2) is 61.2 Å². The van der Waals surface area contributed by atoms with Gasteiger partial charge in [-0.15, -0.1) is 11.3 Å². The molecule has 1 saturated heterocycles. The molecule has 0 spiro atoms. The van der Waals surface area contributed by atoms with Crippen LogP contribution in [0.2, 0.25) is 0 Å². The molecule has 8 nitrogen and oxygen atoms in total. The summed E-state index contributed by atoms with van der Waals surface area (Å²) in [7, 11) is 1.61. The first-order valence-electron chi connectivity index (χ1n) is 12.5. The van der Waals surface area contributed by atoms with Gasteiger partial charge in [0.05, 0.1) is 36.3 Å². The van der Waals surface area contributed by atoms with Crippen LogP contribution < -0.4 is 15.2 Å². The highest BCUT2D eigenvalue weighted by atomic mass is 32.1. The number of para-hydroxylation sites is 1. The predicted octanol–water partition coefficient (Wildman–Crippen LogP) is 4.90. The molecule has 0 bridgehead atoms. The lowest BCUT2D eigenvalue weighted by atomic mass is 10.0. The molecule has 2 aromatic carbocycles. The molecule has 3 heterocycles. The molecule has 0 N–H and O–H groups in total. The molecule has 1 aliphatic rings. The fourth-order valence-corrected chi connectivity index (χ4v) is 5.56. The monoisotopic (exact) mass is 547 g/mol. The van der Waals surface area contributed by atoms with Gasteiger partial charge in [-0.2, -0.15) is 0 Å². The summed E-state index contributed by atoms with van der Waals surface area (Å²) in [5.41, 5.74) is 1.83. The molecule has 0 radical (unpaired) electrons. The van der Waals surface area contributed by atoms with Crippen molar-refractivity contribution in [2.45, 2.75) is 20.9 Å². The fourth-order valence-electron chi connectivity index (χ4n) is 4.87. The molecule has 0 aliphatic carbocycles. The highest BCUT2D eigenvalue weighted by molar-refractivity contribution is 7.12. The Labute approximate surface area is 232 Å². The van der Waals surface area contributed by atoms with Gasteiger partial charge >= 0.3 is 5.97 Å². The van der Waals surface area contributed by atoms with Gasteiger partial charge in [0.1, 0.15) is 11.3 Å². The average Bonchev–Trinajstić information content (AvgIpc) is 3.49. The molecule has 0 atom stereocenters. The van der Waals surface area contributed by atoms with Crippen molar-refractivity contribution in [3.63, 3.8) is 0 Å². The van der Waals surface area contributed by atoms with E-state index in [1.165, 1.54) is 11.3 Å². The van der Waals surface area contributed by atoms with Gasteiger partial charge in [0.15, 0.2) is 0 Å². The largest absolute Gasteiger partial charge is 0.497 e. The number of thiophene rings is 1. The molecule has 204 valence electrons. The lowest BCUT2D eigenvalue weighted by molar-refractivity contribution is 0.0523. The van der Waals surface area contributed by atoms with E-state index in [0.717, 1.165) is 22.2 Å². The van der Waals surface area contributed by atoms with E-state index < -0.39 is 11.5 Å². The van der Waals surface area contributed by atoms with E-state index in [1.54, 1.807) is 18.6 Å². The van der Waals surface area contributed by atoms with Crippen LogP contribution in [0.15, 0.2) is 70.8 Å². The minimum absolute atomic E-state index is 0. The number of rotatable bonds is 7. The summed E-state index contributed by atoms with van der Waals surface area (Å²) in [6, 6.07) is 18.8. The Kier molecular flexibility index (Phi) is 8.71. The lowest BCUT2D eigenvalue weighted by Crippen LogP contribution is -2.49. The van der Waals surface area contributed by atoms with Gasteiger partial charge in [0, 0.05) is 31.6 Å². The first kappa shape index (κ1) is 27.9. The van der Waals surface area contributed by atoms with Crippen molar-refractivity contribution in [3.8, 4) is 5.75 Å². The Morgan fingerprint density at radius 3 is 2.31 bits per heavy atom. The second-order valence-corrected chi connectivity index (χ2v) is 9.90. The first-order valence-corrected chi connectivity index (χ1v) is 13.4. The molecule has 2 aromatic heterocycles. The van der Waals surface area contributed by atoms with Crippen molar-refractivity contribution < 1.29 is 19.1 Å². The third-order valence-corrected chi connectivity index (χ3v) is 7.60. The van der Waals surface area contributed by atoms with Gasteiger partial charge in [0.25, 0.3) is 11.5 Å². The minimum atomic E-state index is -0.640. The Balaban J connectivity index is 0.00000353. The van der Waals surface area contributed by atoms with Gasteiger partial charge in [-0.3, -0.25) is 9.59 Å². The van der Waals surface area contributed by atoms with E-state index in [-0.39, 0.29) is 25.5 Å². The number of nitrogens with zero attached hydrogens (tertiary/aromatic N) is 3. The Hall–Kier alpha value is -4.11. The van der Waals surface area contributed by atoms with Crippen LogP contribution in [0.25, 0.3) is 10.9 Å². The number of methoxy groups -OCH3 is 1. The summed E-state index contributed by atoms with van der Waals surface area (Å²) in [4.78, 5) is 44.6. The van der Waals surface area contributed by atoms with Crippen LogP contribution in [0.1, 0.15) is 39.9 Å². The highest BCUT2D eigenvalue weighted by Gasteiger charge is 2.30. The molecule has 0 unspecified atom stereocenters. The molecule has 5 rings (SSSR count). The number of hydrogen-bond acceptors (Lipinski definition) is 7. The number of pyridine rings is 1. The number of anilines is 1. The zero-order chi connectivity index (χ0) is 26.6. The van der Waals surface area contributed by atoms with E-state index in [4.69, 9.17) is 9.47 Å². The van der Waals surface area contributed by atoms with Crippen molar-refractivity contribution in [3.05, 3.63) is 92.4 Å². The smallest absolute Gasteiger partial charge is 0.345 e. The lowest BCUT2D eigenvalue weighted by Gasteiger charge is -2.37. The van der Waals surface area contributed by atoms with E-state index in [2.05, 4.69) is 0 Å². The molecular weight excluding hydrogens is 514 g/mol. The normalized spacial score (nSPS) is 13.2. The molecule has 4 aromatic rings. The second-order valence-electron chi connectivity index (χ2n) is 8.96. The van der Waals surface area contributed by atoms with Gasteiger partial charge in [-0.1, -0.05) is 43.8 Å². The second kappa shape index (κ2) is 12.2. The van der Waals surface area contributed by atoms with Crippen LogP contribution in [0, 0.1) is 0 Å². The summed E-state index contributed by atoms with van der Waals surface area (Å²) in [5, 5.41) is 2.68. The molecule has 9 heteroatoms. The van der Waals surface area contributed by atoms with Gasteiger partial charge in [-0.25, -0.2) is 4.79 Å². The van der Waals surface area contributed by atoms with Crippen molar-refractivity contribution in [2.24, 2.45) is 0 Å². The molecule has 0 saturated carbocycles. The van der Waals surface area contributed by atoms with Crippen LogP contribution >= 0.6 is 11.3 Å². The van der Waals surface area contributed by atoms with E-state index in [9.17, 15) is 14.4 Å². The number of piperazine rings is 1. The number of hydrogen-bond donors (Lipinski definition) is 0. The van der Waals surface area contributed by atoms with Crippen molar-refractivity contribution in [1.29, 1.82) is 0 Å². The third-order valence-electron chi connectivity index (χ3n) is 6.74. The maximum absolute atomic E-state index is 14.0. The summed E-state index contributed by atoms with van der Waals surface area (Å²) >= 11 is 1.42. The topological polar surface area (TPSA) is 81.1 Å². The number of aromatic nitrogens is 1. The Morgan fingerprint density at radius 1 is 0.949 bits per heavy atom. The van der Waals surface area contributed by atoms with Crippen molar-refractivity contribution in [2.75, 3.05) is 44.8 Å². The highest BCUT2D eigenvalue weighted by Crippen LogP contribution is 2.31. The summed E-state index contributed by atoms with van der Waals surface area (Å²) in [6.45, 7) is 4.14. The zero-order valence-corrected chi connectivity index (χ0v) is 22.2. The number of benzene rings is 2. The number of ether oxygens (including phenoxy) is 2. The van der Waals surface area contributed by atoms with Crippen LogP contribution in [0.4, 0.5) is 5.69 Å². The molecule has 1 amide bonds. The maximum atomic E-state index is 14.0. The number of amides is 1.